The van der Waals surface area contributed by atoms with E-state index in [1.54, 1.807) is 0 Å². The predicted molar refractivity (Wildman–Crippen MR) is 251 cm³/mol. The summed E-state index contributed by atoms with van der Waals surface area (Å²) in [6.45, 7) is 23.8. The Labute approximate surface area is 354 Å². The molecule has 0 aromatic heterocycles. The van der Waals surface area contributed by atoms with Gasteiger partial charge in [0.1, 0.15) is 0 Å². The lowest BCUT2D eigenvalue weighted by molar-refractivity contribution is -0.0983. The van der Waals surface area contributed by atoms with Crippen LogP contribution in [0.25, 0.3) is 0 Å². The summed E-state index contributed by atoms with van der Waals surface area (Å²) in [6, 6.07) is 43.8. The van der Waals surface area contributed by atoms with Crippen LogP contribution in [-0.2, 0) is 13.6 Å². The summed E-state index contributed by atoms with van der Waals surface area (Å²) in [5, 5.41) is 15.9. The van der Waals surface area contributed by atoms with Crippen molar-refractivity contribution in [2.24, 2.45) is 5.92 Å². The molecular formula is C52H72O4Si2. The van der Waals surface area contributed by atoms with E-state index in [1.165, 1.54) is 31.9 Å². The lowest BCUT2D eigenvalue weighted by Crippen LogP contribution is -2.69. The first-order valence-corrected chi connectivity index (χ1v) is 25.5. The molecule has 4 aromatic rings. The van der Waals surface area contributed by atoms with Gasteiger partial charge in [0.2, 0.25) is 0 Å². The third-order valence-electron chi connectivity index (χ3n) is 12.6. The first-order chi connectivity index (χ1) is 27.5. The predicted octanol–water partition coefficient (Wildman–Crippen LogP) is 10.5. The van der Waals surface area contributed by atoms with E-state index >= 15 is 0 Å². The normalized spacial score (nSPS) is 20.0. The largest absolute Gasteiger partial charge is 0.404 e. The Kier molecular flexibility index (Phi) is 15.6. The quantitative estimate of drug-likeness (QED) is 0.0904. The molecule has 0 amide bonds. The molecule has 0 spiro atoms. The molecule has 0 aliphatic carbocycles. The van der Waals surface area contributed by atoms with E-state index in [2.05, 4.69) is 203 Å². The topological polar surface area (TPSA) is 47.9 Å². The van der Waals surface area contributed by atoms with Crippen LogP contribution in [0.15, 0.2) is 145 Å². The summed E-state index contributed by atoms with van der Waals surface area (Å²) in [7, 11) is -5.58. The molecule has 0 saturated carbocycles. The van der Waals surface area contributed by atoms with E-state index in [0.29, 0.717) is 19.6 Å². The number of allylic oxidation sites excluding steroid dienone is 1. The van der Waals surface area contributed by atoms with Gasteiger partial charge in [0.25, 0.3) is 16.6 Å². The molecule has 4 nitrogen and oxygen atoms in total. The number of aliphatic hydroxyl groups excluding tert-OH is 1. The van der Waals surface area contributed by atoms with Crippen molar-refractivity contribution in [1.29, 1.82) is 0 Å². The van der Waals surface area contributed by atoms with Crippen LogP contribution >= 0.6 is 0 Å². The lowest BCUT2D eigenvalue weighted by Gasteiger charge is -2.48. The molecule has 0 bridgehead atoms. The molecule has 1 fully saturated rings. The maximum Gasteiger partial charge on any atom is 0.261 e. The minimum absolute atomic E-state index is 0.0994. The highest BCUT2D eigenvalue weighted by Gasteiger charge is 2.54. The molecule has 6 heteroatoms. The van der Waals surface area contributed by atoms with Gasteiger partial charge in [0.05, 0.1) is 31.0 Å². The molecule has 1 N–H and O–H groups in total. The molecule has 4 aromatic carbocycles. The Balaban J connectivity index is 1.50. The fourth-order valence-corrected chi connectivity index (χ4v) is 18.4. The van der Waals surface area contributed by atoms with E-state index in [0.717, 1.165) is 32.1 Å². The first kappa shape index (κ1) is 45.7. The highest BCUT2D eigenvalue weighted by atomic mass is 28.4. The van der Waals surface area contributed by atoms with Crippen LogP contribution in [0.5, 0.6) is 0 Å². The van der Waals surface area contributed by atoms with Crippen molar-refractivity contribution in [2.45, 2.75) is 136 Å². The lowest BCUT2D eigenvalue weighted by atomic mass is 9.87. The summed E-state index contributed by atoms with van der Waals surface area (Å²) in [4.78, 5) is 0. The highest BCUT2D eigenvalue weighted by molar-refractivity contribution is 7.00. The van der Waals surface area contributed by atoms with E-state index < -0.39 is 22.2 Å². The molecule has 1 aliphatic rings. The molecule has 1 aliphatic heterocycles. The van der Waals surface area contributed by atoms with E-state index in [9.17, 15) is 5.11 Å². The van der Waals surface area contributed by atoms with Gasteiger partial charge in [0, 0.05) is 0 Å². The van der Waals surface area contributed by atoms with Gasteiger partial charge < -0.3 is 18.7 Å². The Hall–Kier alpha value is -3.37. The fourth-order valence-electron chi connectivity index (χ4n) is 9.13. The zero-order chi connectivity index (χ0) is 42.0. The van der Waals surface area contributed by atoms with Crippen molar-refractivity contribution in [2.75, 3.05) is 13.2 Å². The van der Waals surface area contributed by atoms with Gasteiger partial charge in [-0.2, -0.15) is 0 Å². The third-order valence-corrected chi connectivity index (χ3v) is 22.6. The zero-order valence-corrected chi connectivity index (χ0v) is 39.3. The second-order valence-electron chi connectivity index (χ2n) is 19.2. The van der Waals surface area contributed by atoms with E-state index in [-0.39, 0.29) is 28.2 Å². The Bertz CT molecular complexity index is 1810. The smallest absolute Gasteiger partial charge is 0.261 e. The maximum atomic E-state index is 11.0. The average molecular weight is 817 g/mol. The Morgan fingerprint density at radius 1 is 0.759 bits per heavy atom. The summed E-state index contributed by atoms with van der Waals surface area (Å²) in [5.74, 6) is 0.190. The van der Waals surface area contributed by atoms with Gasteiger partial charge in [0.15, 0.2) is 0 Å². The van der Waals surface area contributed by atoms with Gasteiger partial charge >= 0.3 is 0 Å². The highest BCUT2D eigenvalue weighted by Crippen LogP contribution is 2.43. The van der Waals surface area contributed by atoms with Gasteiger partial charge in [-0.25, -0.2) is 0 Å². The van der Waals surface area contributed by atoms with Gasteiger partial charge in [-0.3, -0.25) is 0 Å². The molecule has 2 unspecified atom stereocenters. The Morgan fingerprint density at radius 2 is 1.21 bits per heavy atom. The van der Waals surface area contributed by atoms with Crippen molar-refractivity contribution in [3.63, 3.8) is 0 Å². The van der Waals surface area contributed by atoms with Crippen LogP contribution in [0, 0.1) is 5.92 Å². The van der Waals surface area contributed by atoms with Crippen LogP contribution in [0.1, 0.15) is 108 Å². The average Bonchev–Trinajstić information content (AvgIpc) is 3.35. The Morgan fingerprint density at radius 3 is 1.64 bits per heavy atom. The SMILES string of the molecule is CC(C)=CCC(O)C(C)CCC[C@]1(C)OCC(=CCO[Si](c2ccccc2)(c2ccccc2)C(C)(C)C)CC[C@@H]1O[Si](c1ccccc1)(c1ccccc1)C(C)(C)C. The van der Waals surface area contributed by atoms with Crippen molar-refractivity contribution >= 4 is 37.4 Å². The van der Waals surface area contributed by atoms with Crippen molar-refractivity contribution in [3.8, 4) is 0 Å². The van der Waals surface area contributed by atoms with Crippen molar-refractivity contribution in [1.82, 2.24) is 0 Å². The van der Waals surface area contributed by atoms with Crippen LogP contribution in [0.4, 0.5) is 0 Å². The molecule has 58 heavy (non-hydrogen) atoms. The third kappa shape index (κ3) is 10.5. The summed E-state index contributed by atoms with van der Waals surface area (Å²) >= 11 is 0. The minimum Gasteiger partial charge on any atom is -0.404 e. The molecular weight excluding hydrogens is 745 g/mol. The number of rotatable bonds is 16. The second kappa shape index (κ2) is 19.8. The zero-order valence-electron chi connectivity index (χ0n) is 37.3. The van der Waals surface area contributed by atoms with E-state index in [4.69, 9.17) is 13.6 Å². The van der Waals surface area contributed by atoms with E-state index in [1.807, 2.05) is 0 Å². The monoisotopic (exact) mass is 816 g/mol. The number of benzene rings is 4. The first-order valence-electron chi connectivity index (χ1n) is 21.7. The van der Waals surface area contributed by atoms with Crippen LogP contribution in [-0.4, -0.2) is 52.8 Å². The summed E-state index contributed by atoms with van der Waals surface area (Å²) < 4.78 is 22.5. The van der Waals surface area contributed by atoms with Gasteiger partial charge in [-0.1, -0.05) is 194 Å². The maximum absolute atomic E-state index is 11.0. The molecule has 5 rings (SSSR count). The molecule has 1 saturated heterocycles. The standard InChI is InChI=1S/C52H72O4Si2/c1-41(2)33-35-48(53)42(3)24-23-38-52(10)49(56-58(51(7,8)9,46-29-19-13-20-30-46)47-31-21-14-22-32-47)36-34-43(40-54-52)37-39-55-57(50(4,5)6,44-25-15-11-16-26-44)45-27-17-12-18-28-45/h11-22,25-33,37,42,48-49,53H,23-24,34-36,38-40H2,1-10H3/t42?,48?,49-,52-/m0/s1. The van der Waals surface area contributed by atoms with Crippen LogP contribution in [0.3, 0.4) is 0 Å². The van der Waals surface area contributed by atoms with Crippen LogP contribution < -0.4 is 20.7 Å². The van der Waals surface area contributed by atoms with Gasteiger partial charge in [-0.05, 0) is 95.2 Å². The van der Waals surface area contributed by atoms with Crippen molar-refractivity contribution in [3.05, 3.63) is 145 Å². The second-order valence-corrected chi connectivity index (χ2v) is 27.8. The summed E-state index contributed by atoms with van der Waals surface area (Å²) in [5.41, 5.74) is 1.98. The molecule has 0 radical (unpaired) electrons. The van der Waals surface area contributed by atoms with Crippen LogP contribution in [0.2, 0.25) is 10.1 Å². The molecule has 1 heterocycles. The molecule has 4 atom stereocenters. The van der Waals surface area contributed by atoms with Gasteiger partial charge in [-0.15, -0.1) is 0 Å². The van der Waals surface area contributed by atoms with Crippen molar-refractivity contribution < 1.29 is 18.7 Å². The molecule has 312 valence electrons. The number of hydrogen-bond donors (Lipinski definition) is 1. The fraction of sp³-hybridized carbons (Fsp3) is 0.462. The number of hydrogen-bond acceptors (Lipinski definition) is 4. The number of aliphatic hydroxyl groups is 1. The minimum atomic E-state index is -2.88. The summed E-state index contributed by atoms with van der Waals surface area (Å²) in [6.07, 6.45) is 9.11. The number of ether oxygens (including phenoxy) is 1.